The summed E-state index contributed by atoms with van der Waals surface area (Å²) < 4.78 is 7.24. The molecule has 1 aliphatic heterocycles. The van der Waals surface area contributed by atoms with Gasteiger partial charge >= 0.3 is 0 Å². The SMILES string of the molecule is c1ccc(N(c2ccccc2)c2ccc(-c3cc(N(c4ccccc4)c4ccccc4)c4c(c3)C3(c5ccccc5O4)c4ccccc4-c4ccccc43)cc2)cc1. The molecule has 0 N–H and O–H groups in total. The number of anilines is 6. The van der Waals surface area contributed by atoms with E-state index < -0.39 is 5.41 Å². The third kappa shape index (κ3) is 5.28. The minimum Gasteiger partial charge on any atom is -0.454 e. The number of hydrogen-bond acceptors (Lipinski definition) is 3. The Morgan fingerprint density at radius 2 is 0.724 bits per heavy atom. The molecule has 11 rings (SSSR count). The first kappa shape index (κ1) is 33.7. The van der Waals surface area contributed by atoms with Gasteiger partial charge in [0.05, 0.1) is 11.1 Å². The van der Waals surface area contributed by atoms with Gasteiger partial charge < -0.3 is 14.5 Å². The molecule has 0 saturated heterocycles. The molecule has 0 radical (unpaired) electrons. The van der Waals surface area contributed by atoms with E-state index in [0.29, 0.717) is 0 Å². The first-order valence-corrected chi connectivity index (χ1v) is 19.9. The zero-order valence-electron chi connectivity index (χ0n) is 31.7. The molecule has 0 bridgehead atoms. The van der Waals surface area contributed by atoms with Crippen LogP contribution < -0.4 is 14.5 Å². The fourth-order valence-electron chi connectivity index (χ4n) is 9.25. The molecule has 0 atom stereocenters. The number of rotatable bonds is 7. The van der Waals surface area contributed by atoms with E-state index in [9.17, 15) is 0 Å². The quantitative estimate of drug-likeness (QED) is 0.162. The van der Waals surface area contributed by atoms with Crippen molar-refractivity contribution in [3.05, 3.63) is 253 Å². The van der Waals surface area contributed by atoms with Crippen LogP contribution in [0.15, 0.2) is 231 Å². The average Bonchev–Trinajstić information content (AvgIpc) is 3.59. The first-order chi connectivity index (χ1) is 28.8. The van der Waals surface area contributed by atoms with Gasteiger partial charge in [0.2, 0.25) is 0 Å². The van der Waals surface area contributed by atoms with Crippen molar-refractivity contribution in [2.75, 3.05) is 9.80 Å². The van der Waals surface area contributed by atoms with Crippen LogP contribution in [-0.4, -0.2) is 0 Å². The lowest BCUT2D eigenvalue weighted by Gasteiger charge is -2.41. The number of ether oxygens (including phenoxy) is 1. The molecule has 58 heavy (non-hydrogen) atoms. The topological polar surface area (TPSA) is 15.7 Å². The van der Waals surface area contributed by atoms with Gasteiger partial charge in [0.25, 0.3) is 0 Å². The van der Waals surface area contributed by atoms with E-state index in [-0.39, 0.29) is 0 Å². The van der Waals surface area contributed by atoms with Crippen LogP contribution in [0.1, 0.15) is 22.3 Å². The molecule has 9 aromatic rings. The molecule has 1 spiro atoms. The summed E-state index contributed by atoms with van der Waals surface area (Å²) >= 11 is 0. The van der Waals surface area contributed by atoms with E-state index in [1.165, 1.54) is 22.3 Å². The van der Waals surface area contributed by atoms with Gasteiger partial charge in [-0.15, -0.1) is 0 Å². The molecule has 2 aliphatic rings. The lowest BCUT2D eigenvalue weighted by Crippen LogP contribution is -2.33. The van der Waals surface area contributed by atoms with Gasteiger partial charge in [-0.3, -0.25) is 0 Å². The molecule has 0 fully saturated rings. The van der Waals surface area contributed by atoms with Gasteiger partial charge in [0.15, 0.2) is 5.75 Å². The van der Waals surface area contributed by atoms with Gasteiger partial charge in [-0.25, -0.2) is 0 Å². The summed E-state index contributed by atoms with van der Waals surface area (Å²) in [7, 11) is 0. The summed E-state index contributed by atoms with van der Waals surface area (Å²) in [6.07, 6.45) is 0. The van der Waals surface area contributed by atoms with Crippen LogP contribution in [0.3, 0.4) is 0 Å². The molecule has 0 saturated carbocycles. The van der Waals surface area contributed by atoms with Gasteiger partial charge in [0, 0.05) is 39.6 Å². The van der Waals surface area contributed by atoms with E-state index in [2.05, 4.69) is 240 Å². The largest absolute Gasteiger partial charge is 0.454 e. The third-order valence-electron chi connectivity index (χ3n) is 11.7. The number of nitrogens with zero attached hydrogens (tertiary/aromatic N) is 2. The number of benzene rings is 9. The second-order valence-corrected chi connectivity index (χ2v) is 14.9. The van der Waals surface area contributed by atoms with Crippen molar-refractivity contribution in [1.29, 1.82) is 0 Å². The van der Waals surface area contributed by atoms with Crippen molar-refractivity contribution in [2.45, 2.75) is 5.41 Å². The highest BCUT2D eigenvalue weighted by atomic mass is 16.5. The highest BCUT2D eigenvalue weighted by Crippen LogP contribution is 2.64. The van der Waals surface area contributed by atoms with Gasteiger partial charge in [-0.1, -0.05) is 152 Å². The predicted octanol–water partition coefficient (Wildman–Crippen LogP) is 14.8. The number of para-hydroxylation sites is 5. The lowest BCUT2D eigenvalue weighted by atomic mass is 9.65. The Hall–Kier alpha value is -7.62. The molecule has 0 unspecified atom stereocenters. The highest BCUT2D eigenvalue weighted by molar-refractivity contribution is 5.93. The molecule has 274 valence electrons. The molecule has 3 heteroatoms. The summed E-state index contributed by atoms with van der Waals surface area (Å²) in [4.78, 5) is 4.65. The molecule has 0 amide bonds. The van der Waals surface area contributed by atoms with Crippen molar-refractivity contribution >= 4 is 34.1 Å². The zero-order valence-corrected chi connectivity index (χ0v) is 31.7. The fourth-order valence-corrected chi connectivity index (χ4v) is 9.25. The van der Waals surface area contributed by atoms with E-state index in [1.54, 1.807) is 0 Å². The Kier molecular flexibility index (Phi) is 8.04. The maximum Gasteiger partial charge on any atom is 0.156 e. The average molecular weight is 743 g/mol. The zero-order chi connectivity index (χ0) is 38.5. The lowest BCUT2D eigenvalue weighted by molar-refractivity contribution is 0.437. The molecule has 9 aromatic carbocycles. The van der Waals surface area contributed by atoms with Crippen LogP contribution in [0.2, 0.25) is 0 Å². The van der Waals surface area contributed by atoms with Gasteiger partial charge in [-0.2, -0.15) is 0 Å². The van der Waals surface area contributed by atoms with Crippen molar-refractivity contribution in [3.63, 3.8) is 0 Å². The smallest absolute Gasteiger partial charge is 0.156 e. The monoisotopic (exact) mass is 742 g/mol. The Balaban J connectivity index is 1.19. The number of fused-ring (bicyclic) bond motifs is 9. The van der Waals surface area contributed by atoms with Crippen molar-refractivity contribution in [3.8, 4) is 33.8 Å². The van der Waals surface area contributed by atoms with Crippen LogP contribution in [0, 0.1) is 0 Å². The summed E-state index contributed by atoms with van der Waals surface area (Å²) in [5.41, 5.74) is 15.3. The summed E-state index contributed by atoms with van der Waals surface area (Å²) in [5, 5.41) is 0. The van der Waals surface area contributed by atoms with Crippen molar-refractivity contribution in [2.24, 2.45) is 0 Å². The van der Waals surface area contributed by atoms with E-state index in [0.717, 1.165) is 67.9 Å². The maximum absolute atomic E-state index is 7.24. The summed E-state index contributed by atoms with van der Waals surface area (Å²) in [6, 6.07) is 82.6. The Morgan fingerprint density at radius 3 is 1.24 bits per heavy atom. The predicted molar refractivity (Wildman–Crippen MR) is 239 cm³/mol. The van der Waals surface area contributed by atoms with Crippen LogP contribution >= 0.6 is 0 Å². The Bertz CT molecular complexity index is 2790. The van der Waals surface area contributed by atoms with E-state index >= 15 is 0 Å². The van der Waals surface area contributed by atoms with Crippen LogP contribution in [0.5, 0.6) is 11.5 Å². The van der Waals surface area contributed by atoms with Crippen LogP contribution in [-0.2, 0) is 5.41 Å². The first-order valence-electron chi connectivity index (χ1n) is 19.9. The molecule has 1 heterocycles. The standard InChI is InChI=1S/C55H38N2O/c1-5-19-41(20-6-1)56(42-21-7-2-8-22-42)45-35-33-39(34-36-45)40-37-51-54(52(38-40)57(43-23-9-3-10-24-43)44-25-11-4-12-26-44)58-53-32-18-17-31-50(53)55(51)48-29-15-13-27-46(48)47-28-14-16-30-49(47)55/h1-38H. The molecular weight excluding hydrogens is 705 g/mol. The minimum absolute atomic E-state index is 0.626. The number of hydrogen-bond donors (Lipinski definition) is 0. The fraction of sp³-hybridized carbons (Fsp3) is 0.0182. The summed E-state index contributed by atoms with van der Waals surface area (Å²) in [5.74, 6) is 1.71. The van der Waals surface area contributed by atoms with E-state index in [4.69, 9.17) is 4.74 Å². The normalized spacial score (nSPS) is 12.8. The van der Waals surface area contributed by atoms with Crippen LogP contribution in [0.25, 0.3) is 22.3 Å². The Labute approximate surface area is 339 Å². The minimum atomic E-state index is -0.626. The molecule has 0 aromatic heterocycles. The highest BCUT2D eigenvalue weighted by Gasteiger charge is 2.52. The second-order valence-electron chi connectivity index (χ2n) is 14.9. The van der Waals surface area contributed by atoms with E-state index in [1.807, 2.05) is 0 Å². The molecular formula is C55H38N2O. The maximum atomic E-state index is 7.24. The van der Waals surface area contributed by atoms with Gasteiger partial charge in [0.1, 0.15) is 5.75 Å². The van der Waals surface area contributed by atoms with Gasteiger partial charge in [-0.05, 0) is 112 Å². The second kappa shape index (κ2) is 13.8. The Morgan fingerprint density at radius 1 is 0.310 bits per heavy atom. The molecule has 3 nitrogen and oxygen atoms in total. The van der Waals surface area contributed by atoms with Crippen LogP contribution in [0.4, 0.5) is 34.1 Å². The summed E-state index contributed by atoms with van der Waals surface area (Å²) in [6.45, 7) is 0. The van der Waals surface area contributed by atoms with Crippen molar-refractivity contribution < 1.29 is 4.74 Å². The molecule has 1 aliphatic carbocycles. The van der Waals surface area contributed by atoms with Crippen molar-refractivity contribution in [1.82, 2.24) is 0 Å². The third-order valence-corrected chi connectivity index (χ3v) is 11.7.